The van der Waals surface area contributed by atoms with Crippen LogP contribution in [0.15, 0.2) is 18.2 Å². The first-order chi connectivity index (χ1) is 11.0. The van der Waals surface area contributed by atoms with Gasteiger partial charge in [-0.3, -0.25) is 0 Å². The fourth-order valence-electron chi connectivity index (χ4n) is 2.01. The predicted molar refractivity (Wildman–Crippen MR) is 76.8 cm³/mol. The molecule has 0 spiro atoms. The van der Waals surface area contributed by atoms with E-state index >= 15 is 0 Å². The van der Waals surface area contributed by atoms with Crippen molar-refractivity contribution in [3.63, 3.8) is 0 Å². The molecule has 0 aliphatic carbocycles. The molecule has 1 aromatic carbocycles. The topological polar surface area (TPSA) is 18.5 Å². The van der Waals surface area contributed by atoms with E-state index in [-0.39, 0.29) is 18.6 Å². The van der Waals surface area contributed by atoms with Crippen molar-refractivity contribution < 1.29 is 35.8 Å². The minimum atomic E-state index is -4.94. The minimum Gasteiger partial charge on any atom is -0.490 e. The molecule has 1 rings (SSSR count). The van der Waals surface area contributed by atoms with Gasteiger partial charge in [0.2, 0.25) is 0 Å². The summed E-state index contributed by atoms with van der Waals surface area (Å²) in [5, 5.41) is 0. The normalized spacial score (nSPS) is 15.2. The molecule has 2 atom stereocenters. The van der Waals surface area contributed by atoms with Crippen molar-refractivity contribution >= 4 is 0 Å². The third-order valence-electron chi connectivity index (χ3n) is 3.78. The highest BCUT2D eigenvalue weighted by atomic mass is 19.4. The molecule has 8 heteroatoms. The Bertz CT molecular complexity index is 492. The van der Waals surface area contributed by atoms with Gasteiger partial charge in [-0.1, -0.05) is 26.3 Å². The van der Waals surface area contributed by atoms with Crippen LogP contribution >= 0.6 is 0 Å². The van der Waals surface area contributed by atoms with Crippen molar-refractivity contribution in [1.82, 2.24) is 0 Å². The monoisotopic (exact) mass is 358 g/mol. The molecule has 0 saturated heterocycles. The second kappa shape index (κ2) is 8.09. The SMILES string of the molecule is CCC(C)C(C)OCCOc1c(C(F)(F)F)cccc1C(F)(F)F. The average molecular weight is 358 g/mol. The Balaban J connectivity index is 2.89. The number of rotatable bonds is 7. The molecule has 2 unspecified atom stereocenters. The standard InChI is InChI=1S/C16H20F6O2/c1-4-10(2)11(3)23-8-9-24-14-12(15(17,18)19)6-5-7-13(14)16(20,21)22/h5-7,10-11H,4,8-9H2,1-3H3. The highest BCUT2D eigenvalue weighted by Gasteiger charge is 2.41. The van der Waals surface area contributed by atoms with Crippen LogP contribution < -0.4 is 4.74 Å². The van der Waals surface area contributed by atoms with Gasteiger partial charge in [-0.2, -0.15) is 26.3 Å². The van der Waals surface area contributed by atoms with Crippen LogP contribution in [0.5, 0.6) is 5.75 Å². The van der Waals surface area contributed by atoms with Gasteiger partial charge in [-0.25, -0.2) is 0 Å². The second-order valence-corrected chi connectivity index (χ2v) is 5.49. The van der Waals surface area contributed by atoms with Crippen LogP contribution in [0.25, 0.3) is 0 Å². The summed E-state index contributed by atoms with van der Waals surface area (Å²) in [5.41, 5.74) is -2.90. The summed E-state index contributed by atoms with van der Waals surface area (Å²) in [6.45, 7) is 5.17. The fraction of sp³-hybridized carbons (Fsp3) is 0.625. The zero-order valence-corrected chi connectivity index (χ0v) is 13.6. The number of alkyl halides is 6. The molecule has 0 aromatic heterocycles. The van der Waals surface area contributed by atoms with Crippen LogP contribution in [0.3, 0.4) is 0 Å². The van der Waals surface area contributed by atoms with Gasteiger partial charge < -0.3 is 9.47 Å². The summed E-state index contributed by atoms with van der Waals surface area (Å²) in [7, 11) is 0. The van der Waals surface area contributed by atoms with Gasteiger partial charge in [0, 0.05) is 0 Å². The lowest BCUT2D eigenvalue weighted by Gasteiger charge is -2.21. The zero-order chi connectivity index (χ0) is 18.5. The van der Waals surface area contributed by atoms with Crippen LogP contribution in [-0.4, -0.2) is 19.3 Å². The van der Waals surface area contributed by atoms with Crippen LogP contribution in [0.4, 0.5) is 26.3 Å². The van der Waals surface area contributed by atoms with Gasteiger partial charge in [-0.15, -0.1) is 0 Å². The number of hydrogen-bond acceptors (Lipinski definition) is 2. The van der Waals surface area contributed by atoms with Crippen molar-refractivity contribution in [2.75, 3.05) is 13.2 Å². The van der Waals surface area contributed by atoms with Crippen molar-refractivity contribution in [1.29, 1.82) is 0 Å². The molecule has 0 fully saturated rings. The third kappa shape index (κ3) is 5.58. The molecule has 0 amide bonds. The lowest BCUT2D eigenvalue weighted by molar-refractivity contribution is -0.146. The molecule has 0 heterocycles. The molecule has 1 aromatic rings. The lowest BCUT2D eigenvalue weighted by Crippen LogP contribution is -2.22. The molecule has 0 aliphatic rings. The van der Waals surface area contributed by atoms with Crippen LogP contribution in [0.1, 0.15) is 38.3 Å². The summed E-state index contributed by atoms with van der Waals surface area (Å²) in [4.78, 5) is 0. The van der Waals surface area contributed by atoms with Crippen LogP contribution in [0, 0.1) is 5.92 Å². The highest BCUT2D eigenvalue weighted by molar-refractivity contribution is 5.44. The molecule has 0 N–H and O–H groups in total. The van der Waals surface area contributed by atoms with Crippen molar-refractivity contribution in [2.24, 2.45) is 5.92 Å². The number of ether oxygens (including phenoxy) is 2. The third-order valence-corrected chi connectivity index (χ3v) is 3.78. The molecule has 0 aliphatic heterocycles. The van der Waals surface area contributed by atoms with E-state index < -0.39 is 35.8 Å². The van der Waals surface area contributed by atoms with E-state index in [2.05, 4.69) is 0 Å². The molecule has 24 heavy (non-hydrogen) atoms. The first-order valence-electron chi connectivity index (χ1n) is 7.50. The number of halogens is 6. The summed E-state index contributed by atoms with van der Waals surface area (Å²) in [6, 6.07) is 1.83. The molecule has 2 nitrogen and oxygen atoms in total. The number of para-hydroxylation sites is 1. The molecular formula is C16H20F6O2. The summed E-state index contributed by atoms with van der Waals surface area (Å²) < 4.78 is 87.8. The lowest BCUT2D eigenvalue weighted by atomic mass is 10.0. The predicted octanol–water partition coefficient (Wildman–Crippen LogP) is 5.55. The summed E-state index contributed by atoms with van der Waals surface area (Å²) in [5.74, 6) is -0.990. The largest absolute Gasteiger partial charge is 0.490 e. The quantitative estimate of drug-likeness (QED) is 0.470. The number of benzene rings is 1. The first kappa shape index (κ1) is 20.6. The van der Waals surface area contributed by atoms with Crippen molar-refractivity contribution in [2.45, 2.75) is 45.6 Å². The van der Waals surface area contributed by atoms with E-state index in [1.54, 1.807) is 6.92 Å². The van der Waals surface area contributed by atoms with E-state index in [1.807, 2.05) is 13.8 Å². The van der Waals surface area contributed by atoms with E-state index in [0.29, 0.717) is 18.2 Å². The maximum Gasteiger partial charge on any atom is 0.419 e. The second-order valence-electron chi connectivity index (χ2n) is 5.49. The van der Waals surface area contributed by atoms with Crippen molar-refractivity contribution in [3.05, 3.63) is 29.3 Å². The van der Waals surface area contributed by atoms with E-state index in [0.717, 1.165) is 6.42 Å². The molecule has 0 bridgehead atoms. The molecule has 0 saturated carbocycles. The molecule has 0 radical (unpaired) electrons. The van der Waals surface area contributed by atoms with Crippen molar-refractivity contribution in [3.8, 4) is 5.75 Å². The Hall–Kier alpha value is -1.44. The van der Waals surface area contributed by atoms with E-state index in [1.165, 1.54) is 0 Å². The maximum absolute atomic E-state index is 12.9. The average Bonchev–Trinajstić information content (AvgIpc) is 2.48. The molecular weight excluding hydrogens is 338 g/mol. The Morgan fingerprint density at radius 2 is 1.42 bits per heavy atom. The Morgan fingerprint density at radius 3 is 1.83 bits per heavy atom. The van der Waals surface area contributed by atoms with Gasteiger partial charge in [0.15, 0.2) is 0 Å². The van der Waals surface area contributed by atoms with Gasteiger partial charge in [0.1, 0.15) is 12.4 Å². The van der Waals surface area contributed by atoms with Crippen LogP contribution in [0.2, 0.25) is 0 Å². The van der Waals surface area contributed by atoms with Gasteiger partial charge in [-0.05, 0) is 25.0 Å². The van der Waals surface area contributed by atoms with E-state index in [9.17, 15) is 26.3 Å². The highest BCUT2D eigenvalue weighted by Crippen LogP contribution is 2.44. The molecule has 138 valence electrons. The van der Waals surface area contributed by atoms with Gasteiger partial charge in [0.05, 0.1) is 23.8 Å². The smallest absolute Gasteiger partial charge is 0.419 e. The summed E-state index contributed by atoms with van der Waals surface area (Å²) >= 11 is 0. The number of hydrogen-bond donors (Lipinski definition) is 0. The minimum absolute atomic E-state index is 0.102. The Labute approximate surface area is 136 Å². The fourth-order valence-corrected chi connectivity index (χ4v) is 2.01. The maximum atomic E-state index is 12.9. The van der Waals surface area contributed by atoms with Gasteiger partial charge >= 0.3 is 12.4 Å². The Morgan fingerprint density at radius 1 is 0.917 bits per heavy atom. The first-order valence-corrected chi connectivity index (χ1v) is 7.50. The summed E-state index contributed by atoms with van der Waals surface area (Å²) in [6.07, 6.45) is -9.21. The Kier molecular flexibility index (Phi) is 6.95. The van der Waals surface area contributed by atoms with Gasteiger partial charge in [0.25, 0.3) is 0 Å². The van der Waals surface area contributed by atoms with Crippen LogP contribution in [-0.2, 0) is 17.1 Å². The van der Waals surface area contributed by atoms with E-state index in [4.69, 9.17) is 9.47 Å². The zero-order valence-electron chi connectivity index (χ0n) is 13.6.